The lowest BCUT2D eigenvalue weighted by molar-refractivity contribution is 0.227. The van der Waals surface area contributed by atoms with Gasteiger partial charge in [0.25, 0.3) is 0 Å². The first-order valence-corrected chi connectivity index (χ1v) is 7.41. The number of hydrogen-bond acceptors (Lipinski definition) is 2. The van der Waals surface area contributed by atoms with Crippen molar-refractivity contribution in [3.63, 3.8) is 0 Å². The average molecular weight is 256 g/mol. The smallest absolute Gasteiger partial charge is 0.315 e. The third-order valence-corrected chi connectivity index (χ3v) is 3.86. The molecule has 0 spiro atoms. The van der Waals surface area contributed by atoms with E-state index in [0.29, 0.717) is 6.42 Å². The third-order valence-electron chi connectivity index (χ3n) is 3.86. The van der Waals surface area contributed by atoms with E-state index in [4.69, 9.17) is 5.11 Å². The summed E-state index contributed by atoms with van der Waals surface area (Å²) >= 11 is 0. The molecule has 0 aliphatic heterocycles. The third kappa shape index (κ3) is 6.24. The number of urea groups is 1. The van der Waals surface area contributed by atoms with Crippen LogP contribution in [0.3, 0.4) is 0 Å². The van der Waals surface area contributed by atoms with Crippen LogP contribution in [0, 0.1) is 5.92 Å². The molecule has 106 valence electrons. The molecule has 1 aliphatic rings. The van der Waals surface area contributed by atoms with E-state index in [1.54, 1.807) is 0 Å². The van der Waals surface area contributed by atoms with Crippen LogP contribution in [0.2, 0.25) is 0 Å². The van der Waals surface area contributed by atoms with Gasteiger partial charge in [-0.2, -0.15) is 0 Å². The quantitative estimate of drug-likeness (QED) is 0.584. The normalized spacial score (nSPS) is 17.7. The first kappa shape index (κ1) is 15.3. The number of rotatable bonds is 8. The summed E-state index contributed by atoms with van der Waals surface area (Å²) in [6.07, 6.45) is 9.34. The van der Waals surface area contributed by atoms with Crippen LogP contribution in [0.5, 0.6) is 0 Å². The van der Waals surface area contributed by atoms with E-state index in [1.165, 1.54) is 32.1 Å². The molecule has 0 aromatic heterocycles. The van der Waals surface area contributed by atoms with E-state index in [0.717, 1.165) is 25.3 Å². The maximum absolute atomic E-state index is 11.6. The summed E-state index contributed by atoms with van der Waals surface area (Å²) < 4.78 is 0. The van der Waals surface area contributed by atoms with Gasteiger partial charge < -0.3 is 15.7 Å². The molecular weight excluding hydrogens is 228 g/mol. The molecule has 1 rings (SSSR count). The van der Waals surface area contributed by atoms with Crippen LogP contribution in [0.25, 0.3) is 0 Å². The van der Waals surface area contributed by atoms with E-state index < -0.39 is 0 Å². The van der Waals surface area contributed by atoms with Gasteiger partial charge in [0.2, 0.25) is 0 Å². The number of nitrogens with one attached hydrogen (secondary N) is 2. The molecule has 1 aliphatic carbocycles. The molecule has 1 atom stereocenters. The van der Waals surface area contributed by atoms with Crippen LogP contribution in [0.1, 0.15) is 58.3 Å². The Kier molecular flexibility index (Phi) is 7.81. The fourth-order valence-electron chi connectivity index (χ4n) is 2.66. The Morgan fingerprint density at radius 3 is 2.72 bits per heavy atom. The molecule has 0 heterocycles. The standard InChI is InChI=1S/C14H28N2O2/c1-2-13(9-11-17)16-14(18)15-10-5-8-12-6-3-4-7-12/h12-13,17H,2-11H2,1H3,(H2,15,16,18). The number of aliphatic hydroxyl groups excluding tert-OH is 1. The lowest BCUT2D eigenvalue weighted by Crippen LogP contribution is -2.42. The Labute approximate surface area is 111 Å². The highest BCUT2D eigenvalue weighted by atomic mass is 16.3. The molecule has 18 heavy (non-hydrogen) atoms. The van der Waals surface area contributed by atoms with Crippen molar-refractivity contribution in [3.05, 3.63) is 0 Å². The van der Waals surface area contributed by atoms with E-state index in [1.807, 2.05) is 6.92 Å². The van der Waals surface area contributed by atoms with Crippen LogP contribution in [0.4, 0.5) is 4.79 Å². The Morgan fingerprint density at radius 1 is 1.39 bits per heavy atom. The molecule has 0 radical (unpaired) electrons. The molecular formula is C14H28N2O2. The molecule has 4 nitrogen and oxygen atoms in total. The average Bonchev–Trinajstić information content (AvgIpc) is 2.87. The second-order valence-corrected chi connectivity index (χ2v) is 5.31. The van der Waals surface area contributed by atoms with E-state index >= 15 is 0 Å². The Morgan fingerprint density at radius 2 is 2.11 bits per heavy atom. The number of aliphatic hydroxyl groups is 1. The van der Waals surface area contributed by atoms with Crippen LogP contribution >= 0.6 is 0 Å². The molecule has 3 N–H and O–H groups in total. The van der Waals surface area contributed by atoms with E-state index in [2.05, 4.69) is 10.6 Å². The summed E-state index contributed by atoms with van der Waals surface area (Å²) in [7, 11) is 0. The number of amides is 2. The molecule has 0 bridgehead atoms. The first-order valence-electron chi connectivity index (χ1n) is 7.41. The van der Waals surface area contributed by atoms with Gasteiger partial charge in [0, 0.05) is 19.2 Å². The highest BCUT2D eigenvalue weighted by Crippen LogP contribution is 2.28. The lowest BCUT2D eigenvalue weighted by Gasteiger charge is -2.16. The number of carbonyl (C=O) groups is 1. The van der Waals surface area contributed by atoms with E-state index in [-0.39, 0.29) is 18.7 Å². The second-order valence-electron chi connectivity index (χ2n) is 5.31. The van der Waals surface area contributed by atoms with Gasteiger partial charge in [-0.15, -0.1) is 0 Å². The van der Waals surface area contributed by atoms with Crippen molar-refractivity contribution < 1.29 is 9.90 Å². The minimum atomic E-state index is -0.0956. The van der Waals surface area contributed by atoms with E-state index in [9.17, 15) is 4.79 Å². The van der Waals surface area contributed by atoms with Crippen molar-refractivity contribution in [2.24, 2.45) is 5.92 Å². The zero-order valence-corrected chi connectivity index (χ0v) is 11.6. The fraction of sp³-hybridized carbons (Fsp3) is 0.929. The molecule has 0 saturated heterocycles. The van der Waals surface area contributed by atoms with Gasteiger partial charge in [0.1, 0.15) is 0 Å². The topological polar surface area (TPSA) is 61.4 Å². The van der Waals surface area contributed by atoms with Gasteiger partial charge in [0.15, 0.2) is 0 Å². The molecule has 2 amide bonds. The summed E-state index contributed by atoms with van der Waals surface area (Å²) in [5, 5.41) is 14.6. The van der Waals surface area contributed by atoms with Gasteiger partial charge in [-0.25, -0.2) is 4.79 Å². The minimum absolute atomic E-state index is 0.0878. The van der Waals surface area contributed by atoms with Gasteiger partial charge in [0.05, 0.1) is 0 Å². The highest BCUT2D eigenvalue weighted by Gasteiger charge is 2.14. The summed E-state index contributed by atoms with van der Waals surface area (Å²) in [5.74, 6) is 0.896. The number of hydrogen-bond donors (Lipinski definition) is 3. The van der Waals surface area contributed by atoms with Gasteiger partial charge in [-0.05, 0) is 31.6 Å². The predicted octanol–water partition coefficient (Wildman–Crippen LogP) is 2.42. The summed E-state index contributed by atoms with van der Waals surface area (Å²) in [6.45, 7) is 2.90. The van der Waals surface area contributed by atoms with Crippen LogP contribution < -0.4 is 10.6 Å². The van der Waals surface area contributed by atoms with Crippen molar-refractivity contribution in [2.45, 2.75) is 64.3 Å². The van der Waals surface area contributed by atoms with Gasteiger partial charge >= 0.3 is 6.03 Å². The molecule has 0 aromatic rings. The monoisotopic (exact) mass is 256 g/mol. The molecule has 1 saturated carbocycles. The Hall–Kier alpha value is -0.770. The lowest BCUT2D eigenvalue weighted by atomic mass is 10.0. The zero-order valence-electron chi connectivity index (χ0n) is 11.6. The number of carbonyl (C=O) groups excluding carboxylic acids is 1. The van der Waals surface area contributed by atoms with Gasteiger partial charge in [-0.1, -0.05) is 32.6 Å². The Balaban J connectivity index is 2.01. The van der Waals surface area contributed by atoms with Crippen LogP contribution in [-0.2, 0) is 0 Å². The molecule has 0 aromatic carbocycles. The van der Waals surface area contributed by atoms with Crippen molar-refractivity contribution in [1.82, 2.24) is 10.6 Å². The first-order chi connectivity index (χ1) is 8.76. The maximum atomic E-state index is 11.6. The second kappa shape index (κ2) is 9.20. The summed E-state index contributed by atoms with van der Waals surface area (Å²) in [6, 6.07) is -0.00782. The Bertz CT molecular complexity index is 228. The van der Waals surface area contributed by atoms with Crippen molar-refractivity contribution in [2.75, 3.05) is 13.2 Å². The van der Waals surface area contributed by atoms with Crippen molar-refractivity contribution in [3.8, 4) is 0 Å². The largest absolute Gasteiger partial charge is 0.396 e. The summed E-state index contributed by atoms with van der Waals surface area (Å²) in [5.41, 5.74) is 0. The highest BCUT2D eigenvalue weighted by molar-refractivity contribution is 5.74. The van der Waals surface area contributed by atoms with Gasteiger partial charge in [-0.3, -0.25) is 0 Å². The SMILES string of the molecule is CCC(CCO)NC(=O)NCCCC1CCCC1. The maximum Gasteiger partial charge on any atom is 0.315 e. The minimum Gasteiger partial charge on any atom is -0.396 e. The zero-order chi connectivity index (χ0) is 13.2. The van der Waals surface area contributed by atoms with Crippen LogP contribution in [-0.4, -0.2) is 30.3 Å². The summed E-state index contributed by atoms with van der Waals surface area (Å²) in [4.78, 5) is 11.6. The molecule has 1 unspecified atom stereocenters. The van der Waals surface area contributed by atoms with Crippen LogP contribution in [0.15, 0.2) is 0 Å². The fourth-order valence-corrected chi connectivity index (χ4v) is 2.66. The van der Waals surface area contributed by atoms with Crippen molar-refractivity contribution in [1.29, 1.82) is 0 Å². The van der Waals surface area contributed by atoms with Crippen molar-refractivity contribution >= 4 is 6.03 Å². The molecule has 1 fully saturated rings. The predicted molar refractivity (Wildman–Crippen MR) is 73.5 cm³/mol. The molecule has 4 heteroatoms.